The Morgan fingerprint density at radius 2 is 1.92 bits per heavy atom. The van der Waals surface area contributed by atoms with Crippen molar-refractivity contribution in [2.24, 2.45) is 7.05 Å². The summed E-state index contributed by atoms with van der Waals surface area (Å²) in [6.07, 6.45) is 4.00. The highest BCUT2D eigenvalue weighted by molar-refractivity contribution is 6.31. The molecule has 1 N–H and O–H groups in total. The summed E-state index contributed by atoms with van der Waals surface area (Å²) in [6.45, 7) is 3.93. The topological polar surface area (TPSA) is 63.8 Å². The van der Waals surface area contributed by atoms with Crippen molar-refractivity contribution in [3.05, 3.63) is 53.1 Å². The number of hydrogen-bond donors (Lipinski definition) is 1. The van der Waals surface area contributed by atoms with Gasteiger partial charge in [-0.05, 0) is 48.2 Å². The monoisotopic (exact) mass is 370 g/mol. The molecule has 136 valence electrons. The first kappa shape index (κ1) is 18.5. The molecule has 1 aromatic carbocycles. The Labute approximate surface area is 158 Å². The second-order valence-electron chi connectivity index (χ2n) is 6.16. The van der Waals surface area contributed by atoms with E-state index in [0.717, 1.165) is 41.1 Å². The van der Waals surface area contributed by atoms with E-state index in [9.17, 15) is 5.11 Å². The molecule has 1 saturated carbocycles. The first-order chi connectivity index (χ1) is 12.7. The fraction of sp³-hybridized carbons (Fsp3) is 0.350. The van der Waals surface area contributed by atoms with Crippen LogP contribution < -0.4 is 0 Å². The van der Waals surface area contributed by atoms with Gasteiger partial charge in [-0.2, -0.15) is 0 Å². The van der Waals surface area contributed by atoms with Crippen molar-refractivity contribution in [1.82, 2.24) is 19.7 Å². The zero-order chi connectivity index (χ0) is 18.7. The average molecular weight is 371 g/mol. The lowest BCUT2D eigenvalue weighted by molar-refractivity contribution is 0.276. The Morgan fingerprint density at radius 3 is 2.54 bits per heavy atom. The zero-order valence-electron chi connectivity index (χ0n) is 15.3. The van der Waals surface area contributed by atoms with E-state index < -0.39 is 0 Å². The van der Waals surface area contributed by atoms with E-state index >= 15 is 0 Å². The van der Waals surface area contributed by atoms with Gasteiger partial charge in [0.1, 0.15) is 6.33 Å². The molecule has 2 aromatic heterocycles. The minimum atomic E-state index is -0.0690. The van der Waals surface area contributed by atoms with Gasteiger partial charge in [-0.3, -0.25) is 4.98 Å². The fourth-order valence-corrected chi connectivity index (χ4v) is 3.09. The minimum Gasteiger partial charge on any atom is -0.390 e. The summed E-state index contributed by atoms with van der Waals surface area (Å²) >= 11 is 6.21. The van der Waals surface area contributed by atoms with E-state index in [2.05, 4.69) is 21.2 Å². The summed E-state index contributed by atoms with van der Waals surface area (Å²) in [7, 11) is 1.90. The van der Waals surface area contributed by atoms with Crippen LogP contribution in [0.15, 0.2) is 36.7 Å². The number of nitrogens with zero attached hydrogens (tertiary/aromatic N) is 4. The largest absolute Gasteiger partial charge is 0.390 e. The number of pyridine rings is 1. The maximum atomic E-state index is 9.57. The Kier molecular flexibility index (Phi) is 5.69. The molecule has 3 aromatic rings. The van der Waals surface area contributed by atoms with Crippen LogP contribution in [0.5, 0.6) is 0 Å². The second-order valence-corrected chi connectivity index (χ2v) is 6.60. The van der Waals surface area contributed by atoms with Crippen LogP contribution >= 0.6 is 11.6 Å². The summed E-state index contributed by atoms with van der Waals surface area (Å²) in [4.78, 5) is 4.56. The minimum absolute atomic E-state index is 0.0690. The average Bonchev–Trinajstić information content (AvgIpc) is 3.44. The number of halogens is 1. The molecule has 0 bridgehead atoms. The molecule has 0 aliphatic heterocycles. The third-order valence-electron chi connectivity index (χ3n) is 4.30. The molecule has 1 aliphatic carbocycles. The molecule has 1 aliphatic rings. The van der Waals surface area contributed by atoms with Gasteiger partial charge in [-0.1, -0.05) is 31.5 Å². The number of hydrogen-bond acceptors (Lipinski definition) is 4. The fourth-order valence-electron chi connectivity index (χ4n) is 2.92. The molecule has 0 radical (unpaired) electrons. The molecule has 0 spiro atoms. The predicted molar refractivity (Wildman–Crippen MR) is 104 cm³/mol. The van der Waals surface area contributed by atoms with Crippen molar-refractivity contribution in [2.45, 2.75) is 39.2 Å². The van der Waals surface area contributed by atoms with E-state index in [1.165, 1.54) is 0 Å². The number of aromatic nitrogens is 4. The van der Waals surface area contributed by atoms with Crippen LogP contribution in [-0.4, -0.2) is 24.9 Å². The van der Waals surface area contributed by atoms with E-state index in [0.29, 0.717) is 16.6 Å². The van der Waals surface area contributed by atoms with Crippen LogP contribution in [0.3, 0.4) is 0 Å². The smallest absolute Gasteiger partial charge is 0.164 e. The Morgan fingerprint density at radius 1 is 1.15 bits per heavy atom. The van der Waals surface area contributed by atoms with Gasteiger partial charge >= 0.3 is 0 Å². The summed E-state index contributed by atoms with van der Waals surface area (Å²) in [5.74, 6) is 1.27. The van der Waals surface area contributed by atoms with Gasteiger partial charge < -0.3 is 9.67 Å². The quantitative estimate of drug-likeness (QED) is 0.729. The van der Waals surface area contributed by atoms with Gasteiger partial charge in [-0.25, -0.2) is 0 Å². The molecule has 0 amide bonds. The molecule has 0 saturated heterocycles. The SMILES string of the molecule is CC.Cn1cnnc1-c1cc(Cl)ccc1-c1cc(CO)nc(C2CC2)c1. The lowest BCUT2D eigenvalue weighted by atomic mass is 9.97. The lowest BCUT2D eigenvalue weighted by Gasteiger charge is -2.12. The van der Waals surface area contributed by atoms with Crippen LogP contribution in [0, 0.1) is 0 Å². The zero-order valence-corrected chi connectivity index (χ0v) is 16.0. The van der Waals surface area contributed by atoms with Crippen molar-refractivity contribution in [3.63, 3.8) is 0 Å². The van der Waals surface area contributed by atoms with Crippen molar-refractivity contribution in [3.8, 4) is 22.5 Å². The van der Waals surface area contributed by atoms with E-state index in [4.69, 9.17) is 11.6 Å². The van der Waals surface area contributed by atoms with Crippen molar-refractivity contribution < 1.29 is 5.11 Å². The molecule has 2 heterocycles. The third-order valence-corrected chi connectivity index (χ3v) is 4.54. The van der Waals surface area contributed by atoms with Crippen molar-refractivity contribution >= 4 is 11.6 Å². The van der Waals surface area contributed by atoms with E-state index in [-0.39, 0.29) is 6.61 Å². The predicted octanol–water partition coefficient (Wildman–Crippen LogP) is 4.59. The van der Waals surface area contributed by atoms with Crippen molar-refractivity contribution in [2.75, 3.05) is 0 Å². The van der Waals surface area contributed by atoms with Crippen molar-refractivity contribution in [1.29, 1.82) is 0 Å². The Bertz CT molecular complexity index is 903. The number of rotatable bonds is 4. The first-order valence-electron chi connectivity index (χ1n) is 8.91. The first-order valence-corrected chi connectivity index (χ1v) is 9.29. The highest BCUT2D eigenvalue weighted by Crippen LogP contribution is 2.41. The van der Waals surface area contributed by atoms with Gasteiger partial charge in [0.2, 0.25) is 0 Å². The molecule has 6 heteroatoms. The molecular weight excluding hydrogens is 348 g/mol. The summed E-state index contributed by atoms with van der Waals surface area (Å²) in [6, 6.07) is 9.79. The molecule has 26 heavy (non-hydrogen) atoms. The maximum absolute atomic E-state index is 9.57. The highest BCUT2D eigenvalue weighted by atomic mass is 35.5. The number of aliphatic hydroxyl groups excluding tert-OH is 1. The molecular formula is C20H23ClN4O. The van der Waals surface area contributed by atoms with Crippen LogP contribution in [-0.2, 0) is 13.7 Å². The summed E-state index contributed by atoms with van der Waals surface area (Å²) < 4.78 is 1.87. The highest BCUT2D eigenvalue weighted by Gasteiger charge is 2.26. The van der Waals surface area contributed by atoms with Crippen LogP contribution in [0.1, 0.15) is 44.0 Å². The van der Waals surface area contributed by atoms with E-state index in [1.54, 1.807) is 6.33 Å². The number of aryl methyl sites for hydroxylation is 1. The third kappa shape index (κ3) is 3.79. The van der Waals surface area contributed by atoms with Gasteiger partial charge in [0.15, 0.2) is 5.82 Å². The normalized spacial score (nSPS) is 13.3. The van der Waals surface area contributed by atoms with E-state index in [1.807, 2.05) is 49.7 Å². The van der Waals surface area contributed by atoms with Gasteiger partial charge in [0.25, 0.3) is 0 Å². The Balaban J connectivity index is 0.000000948. The van der Waals surface area contributed by atoms with Gasteiger partial charge in [0.05, 0.1) is 12.3 Å². The van der Waals surface area contributed by atoms with Gasteiger partial charge in [0, 0.05) is 29.2 Å². The molecule has 5 nitrogen and oxygen atoms in total. The molecule has 1 fully saturated rings. The standard InChI is InChI=1S/C18H17ClN4O.C2H6/c1-23-10-20-22-18(23)16-8-13(19)4-5-15(16)12-6-14(9-24)21-17(7-12)11-2-3-11;1-2/h4-8,10-11,24H,2-3,9H2,1H3;1-2H3. The maximum Gasteiger partial charge on any atom is 0.164 e. The molecule has 0 atom stereocenters. The second kappa shape index (κ2) is 7.98. The van der Waals surface area contributed by atoms with Gasteiger partial charge in [-0.15, -0.1) is 10.2 Å². The van der Waals surface area contributed by atoms with Crippen LogP contribution in [0.25, 0.3) is 22.5 Å². The lowest BCUT2D eigenvalue weighted by Crippen LogP contribution is -1.98. The van der Waals surface area contributed by atoms with Crippen LogP contribution in [0.2, 0.25) is 5.02 Å². The Hall–Kier alpha value is -2.24. The summed E-state index contributed by atoms with van der Waals surface area (Å²) in [5.41, 5.74) is 4.68. The summed E-state index contributed by atoms with van der Waals surface area (Å²) in [5, 5.41) is 18.4. The molecule has 0 unspecified atom stereocenters. The molecule has 4 rings (SSSR count). The van der Waals surface area contributed by atoms with Crippen LogP contribution in [0.4, 0.5) is 0 Å². The number of benzene rings is 1. The number of aliphatic hydroxyl groups is 1.